The number of hydrogen-bond donors (Lipinski definition) is 1. The fraction of sp³-hybridized carbons (Fsp3) is 0.600. The predicted octanol–water partition coefficient (Wildman–Crippen LogP) is 3.00. The third-order valence-electron chi connectivity index (χ3n) is 3.62. The van der Waals surface area contributed by atoms with Gasteiger partial charge in [-0.25, -0.2) is 8.42 Å². The van der Waals surface area contributed by atoms with Gasteiger partial charge in [0.2, 0.25) is 0 Å². The molecule has 1 aromatic carbocycles. The topological polar surface area (TPSA) is 46.2 Å². The van der Waals surface area contributed by atoms with Gasteiger partial charge in [-0.2, -0.15) is 0 Å². The van der Waals surface area contributed by atoms with Crippen LogP contribution in [-0.4, -0.2) is 33.0 Å². The molecule has 1 atom stereocenters. The van der Waals surface area contributed by atoms with Crippen molar-refractivity contribution in [1.29, 1.82) is 0 Å². The molecule has 2 rings (SSSR count). The van der Waals surface area contributed by atoms with E-state index in [4.69, 9.17) is 11.6 Å². The first-order valence-corrected chi connectivity index (χ1v) is 9.54. The summed E-state index contributed by atoms with van der Waals surface area (Å²) in [5.74, 6) is 0.587. The normalized spacial score (nSPS) is 17.1. The highest BCUT2D eigenvalue weighted by molar-refractivity contribution is 7.90. The summed E-state index contributed by atoms with van der Waals surface area (Å²) < 4.78 is 22.5. The van der Waals surface area contributed by atoms with Gasteiger partial charge in [0.25, 0.3) is 0 Å². The molecule has 1 unspecified atom stereocenters. The summed E-state index contributed by atoms with van der Waals surface area (Å²) in [5.41, 5.74) is 1.19. The number of nitrogens with one attached hydrogen (secondary N) is 1. The maximum atomic E-state index is 11.2. The quantitative estimate of drug-likeness (QED) is 0.802. The van der Waals surface area contributed by atoms with Crippen LogP contribution in [0, 0.1) is 0 Å². The van der Waals surface area contributed by atoms with Gasteiger partial charge in [0, 0.05) is 29.6 Å². The van der Waals surface area contributed by atoms with E-state index in [-0.39, 0.29) is 5.75 Å². The van der Waals surface area contributed by atoms with Gasteiger partial charge < -0.3 is 5.32 Å². The predicted molar refractivity (Wildman–Crippen MR) is 84.2 cm³/mol. The number of hydrogen-bond acceptors (Lipinski definition) is 3. The average Bonchev–Trinajstić information content (AvgIpc) is 3.16. The molecule has 1 N–H and O–H groups in total. The maximum Gasteiger partial charge on any atom is 0.147 e. The Morgan fingerprint density at radius 2 is 2.15 bits per heavy atom. The lowest BCUT2D eigenvalue weighted by Crippen LogP contribution is -2.24. The second-order valence-electron chi connectivity index (χ2n) is 5.71. The minimum atomic E-state index is -2.88. The number of halogens is 1. The van der Waals surface area contributed by atoms with E-state index in [0.717, 1.165) is 18.0 Å². The highest BCUT2D eigenvalue weighted by Crippen LogP contribution is 2.26. The van der Waals surface area contributed by atoms with Crippen LogP contribution in [0.3, 0.4) is 0 Å². The van der Waals surface area contributed by atoms with Crippen molar-refractivity contribution in [3.63, 3.8) is 0 Å². The van der Waals surface area contributed by atoms with Crippen LogP contribution in [0.2, 0.25) is 5.02 Å². The van der Waals surface area contributed by atoms with E-state index in [1.54, 1.807) is 0 Å². The minimum Gasteiger partial charge on any atom is -0.313 e. The van der Waals surface area contributed by atoms with Gasteiger partial charge in [-0.3, -0.25) is 0 Å². The van der Waals surface area contributed by atoms with E-state index in [9.17, 15) is 8.42 Å². The summed E-state index contributed by atoms with van der Waals surface area (Å²) >= 11 is 6.05. The summed E-state index contributed by atoms with van der Waals surface area (Å²) in [7, 11) is -2.88. The molecule has 3 nitrogen and oxygen atoms in total. The number of benzene rings is 1. The van der Waals surface area contributed by atoms with E-state index in [1.165, 1.54) is 24.7 Å². The lowest BCUT2D eigenvalue weighted by Gasteiger charge is -2.18. The van der Waals surface area contributed by atoms with Crippen molar-refractivity contribution in [2.75, 3.05) is 18.6 Å². The zero-order valence-electron chi connectivity index (χ0n) is 11.8. The molecular weight excluding hydrogens is 294 g/mol. The lowest BCUT2D eigenvalue weighted by molar-refractivity contribution is 0.538. The molecule has 0 amide bonds. The van der Waals surface area contributed by atoms with Crippen LogP contribution in [0.25, 0.3) is 0 Å². The molecule has 0 saturated heterocycles. The maximum absolute atomic E-state index is 11.2. The number of sulfone groups is 1. The Labute approximate surface area is 126 Å². The Kier molecular flexibility index (Phi) is 5.47. The van der Waals surface area contributed by atoms with Crippen LogP contribution in [0.5, 0.6) is 0 Å². The third kappa shape index (κ3) is 5.81. The lowest BCUT2D eigenvalue weighted by atomic mass is 9.94. The highest BCUT2D eigenvalue weighted by Gasteiger charge is 2.22. The van der Waals surface area contributed by atoms with Crippen molar-refractivity contribution in [3.8, 4) is 0 Å². The van der Waals surface area contributed by atoms with E-state index in [1.807, 2.05) is 18.2 Å². The summed E-state index contributed by atoms with van der Waals surface area (Å²) in [6.45, 7) is 0.898. The van der Waals surface area contributed by atoms with Gasteiger partial charge in [-0.1, -0.05) is 23.7 Å². The van der Waals surface area contributed by atoms with Crippen LogP contribution in [-0.2, 0) is 9.84 Å². The molecule has 1 saturated carbocycles. The highest BCUT2D eigenvalue weighted by atomic mass is 35.5. The molecule has 1 aliphatic rings. The zero-order chi connectivity index (χ0) is 14.6. The second kappa shape index (κ2) is 6.92. The summed E-state index contributed by atoms with van der Waals surface area (Å²) in [6, 6.07) is 8.55. The van der Waals surface area contributed by atoms with Crippen molar-refractivity contribution in [2.24, 2.45) is 0 Å². The van der Waals surface area contributed by atoms with Gasteiger partial charge in [-0.05, 0) is 49.3 Å². The van der Waals surface area contributed by atoms with Gasteiger partial charge in [0.15, 0.2) is 0 Å². The molecule has 1 aliphatic carbocycles. The molecule has 0 aromatic heterocycles. The van der Waals surface area contributed by atoms with Crippen LogP contribution >= 0.6 is 11.6 Å². The average molecular weight is 316 g/mol. The van der Waals surface area contributed by atoms with Gasteiger partial charge >= 0.3 is 0 Å². The first kappa shape index (κ1) is 15.8. The smallest absolute Gasteiger partial charge is 0.147 e. The Hall–Kier alpha value is -0.580. The van der Waals surface area contributed by atoms with Crippen molar-refractivity contribution < 1.29 is 8.42 Å². The summed E-state index contributed by atoms with van der Waals surface area (Å²) in [4.78, 5) is 0. The second-order valence-corrected chi connectivity index (χ2v) is 8.40. The molecular formula is C15H22ClNO2S. The molecule has 0 aliphatic heterocycles. The Balaban J connectivity index is 1.95. The SMILES string of the molecule is CS(=O)(=O)CCCC(CNC1CC1)c1cccc(Cl)c1. The van der Waals surface area contributed by atoms with Crippen LogP contribution in [0.4, 0.5) is 0 Å². The Bertz CT molecular complexity index is 541. The largest absolute Gasteiger partial charge is 0.313 e. The zero-order valence-corrected chi connectivity index (χ0v) is 13.4. The summed E-state index contributed by atoms with van der Waals surface area (Å²) in [6.07, 6.45) is 5.37. The first-order chi connectivity index (χ1) is 9.44. The molecule has 5 heteroatoms. The van der Waals surface area contributed by atoms with Crippen molar-refractivity contribution in [2.45, 2.75) is 37.6 Å². The van der Waals surface area contributed by atoms with Gasteiger partial charge in [0.1, 0.15) is 9.84 Å². The van der Waals surface area contributed by atoms with E-state index in [0.29, 0.717) is 18.4 Å². The standard InChI is InChI=1S/C15H22ClNO2S/c1-20(18,19)9-3-5-13(11-17-15-7-8-15)12-4-2-6-14(16)10-12/h2,4,6,10,13,15,17H,3,5,7-9,11H2,1H3. The third-order valence-corrected chi connectivity index (χ3v) is 4.88. The van der Waals surface area contributed by atoms with Gasteiger partial charge in [-0.15, -0.1) is 0 Å². The van der Waals surface area contributed by atoms with Crippen molar-refractivity contribution in [3.05, 3.63) is 34.9 Å². The van der Waals surface area contributed by atoms with Crippen LogP contribution in [0.1, 0.15) is 37.2 Å². The van der Waals surface area contributed by atoms with Crippen LogP contribution < -0.4 is 5.32 Å². The molecule has 0 heterocycles. The fourth-order valence-electron chi connectivity index (χ4n) is 2.34. The minimum absolute atomic E-state index is 0.257. The summed E-state index contributed by atoms with van der Waals surface area (Å²) in [5, 5.41) is 4.27. The Morgan fingerprint density at radius 1 is 1.40 bits per heavy atom. The molecule has 1 aromatic rings. The molecule has 0 bridgehead atoms. The van der Waals surface area contributed by atoms with Crippen LogP contribution in [0.15, 0.2) is 24.3 Å². The Morgan fingerprint density at radius 3 is 2.75 bits per heavy atom. The fourth-order valence-corrected chi connectivity index (χ4v) is 3.23. The van der Waals surface area contributed by atoms with E-state index >= 15 is 0 Å². The first-order valence-electron chi connectivity index (χ1n) is 7.10. The van der Waals surface area contributed by atoms with E-state index in [2.05, 4.69) is 11.4 Å². The molecule has 0 spiro atoms. The molecule has 20 heavy (non-hydrogen) atoms. The van der Waals surface area contributed by atoms with Crippen molar-refractivity contribution in [1.82, 2.24) is 5.32 Å². The molecule has 1 fully saturated rings. The molecule has 112 valence electrons. The monoisotopic (exact) mass is 315 g/mol. The number of rotatable bonds is 8. The van der Waals surface area contributed by atoms with Gasteiger partial charge in [0.05, 0.1) is 0 Å². The van der Waals surface area contributed by atoms with E-state index < -0.39 is 9.84 Å². The molecule has 0 radical (unpaired) electrons. The van der Waals surface area contributed by atoms with Crippen molar-refractivity contribution >= 4 is 21.4 Å².